The van der Waals surface area contributed by atoms with Crippen LogP contribution >= 0.6 is 0 Å². The van der Waals surface area contributed by atoms with E-state index in [0.29, 0.717) is 12.5 Å². The van der Waals surface area contributed by atoms with Gasteiger partial charge in [-0.25, -0.2) is 0 Å². The first-order valence-corrected chi connectivity index (χ1v) is 4.88. The molecule has 90 valence electrons. The molecule has 0 aliphatic rings. The molecule has 0 fully saturated rings. The van der Waals surface area contributed by atoms with Crippen molar-refractivity contribution in [2.45, 2.75) is 6.54 Å². The first kappa shape index (κ1) is 11.1. The van der Waals surface area contributed by atoms with Gasteiger partial charge in [0.15, 0.2) is 0 Å². The van der Waals surface area contributed by atoms with Crippen LogP contribution in [0.4, 0.5) is 5.95 Å². The van der Waals surface area contributed by atoms with E-state index in [1.165, 1.54) is 14.2 Å². The van der Waals surface area contributed by atoms with Crippen molar-refractivity contribution in [1.82, 2.24) is 25.1 Å². The third-order valence-electron chi connectivity index (χ3n) is 1.95. The van der Waals surface area contributed by atoms with Gasteiger partial charge in [-0.3, -0.25) is 5.10 Å². The molecule has 0 amide bonds. The molecule has 17 heavy (non-hydrogen) atoms. The Hall–Kier alpha value is -2.38. The van der Waals surface area contributed by atoms with Gasteiger partial charge in [-0.05, 0) is 6.07 Å². The Balaban J connectivity index is 2.09. The van der Waals surface area contributed by atoms with E-state index < -0.39 is 0 Å². The van der Waals surface area contributed by atoms with Crippen LogP contribution in [0, 0.1) is 0 Å². The molecule has 0 aliphatic carbocycles. The smallest absolute Gasteiger partial charge is 0.324 e. The molecule has 0 saturated carbocycles. The van der Waals surface area contributed by atoms with E-state index in [1.807, 2.05) is 6.07 Å². The number of hydrogen-bond donors (Lipinski definition) is 2. The highest BCUT2D eigenvalue weighted by Gasteiger charge is 2.06. The monoisotopic (exact) mass is 236 g/mol. The highest BCUT2D eigenvalue weighted by Crippen LogP contribution is 2.12. The Morgan fingerprint density at radius 1 is 1.18 bits per heavy atom. The van der Waals surface area contributed by atoms with Crippen LogP contribution in [-0.2, 0) is 6.54 Å². The van der Waals surface area contributed by atoms with E-state index in [0.717, 1.165) is 5.69 Å². The SMILES string of the molecule is COc1nc(NCc2ccn[nH]2)nc(OC)n1. The molecule has 0 aromatic carbocycles. The molecule has 2 N–H and O–H groups in total. The lowest BCUT2D eigenvalue weighted by Gasteiger charge is -2.06. The van der Waals surface area contributed by atoms with Crippen LogP contribution in [-0.4, -0.2) is 39.4 Å². The van der Waals surface area contributed by atoms with Crippen LogP contribution in [0.15, 0.2) is 12.3 Å². The number of methoxy groups -OCH3 is 2. The zero-order valence-corrected chi connectivity index (χ0v) is 9.47. The predicted octanol–water partition coefficient (Wildman–Crippen LogP) is 0.224. The van der Waals surface area contributed by atoms with Gasteiger partial charge in [0.05, 0.1) is 26.5 Å². The highest BCUT2D eigenvalue weighted by atomic mass is 16.5. The Bertz CT molecular complexity index is 450. The molecule has 0 unspecified atom stereocenters. The van der Waals surface area contributed by atoms with Crippen LogP contribution in [0.2, 0.25) is 0 Å². The predicted molar refractivity (Wildman–Crippen MR) is 58.8 cm³/mol. The lowest BCUT2D eigenvalue weighted by Crippen LogP contribution is -2.07. The molecule has 2 rings (SSSR count). The van der Waals surface area contributed by atoms with Crippen LogP contribution < -0.4 is 14.8 Å². The standard InChI is InChI=1S/C9H12N6O2/c1-16-8-12-7(13-9(14-8)17-2)10-5-6-3-4-11-15-6/h3-4H,5H2,1-2H3,(H,11,15)(H,10,12,13,14). The van der Waals surface area contributed by atoms with Crippen molar-refractivity contribution in [2.24, 2.45) is 0 Å². The molecule has 2 aromatic rings. The van der Waals surface area contributed by atoms with E-state index in [2.05, 4.69) is 30.5 Å². The summed E-state index contributed by atoms with van der Waals surface area (Å²) in [5.41, 5.74) is 0.920. The second-order valence-electron chi connectivity index (χ2n) is 3.07. The average Bonchev–Trinajstić information content (AvgIpc) is 2.89. The van der Waals surface area contributed by atoms with Gasteiger partial charge in [0.2, 0.25) is 5.95 Å². The molecule has 8 nitrogen and oxygen atoms in total. The minimum atomic E-state index is 0.198. The fraction of sp³-hybridized carbons (Fsp3) is 0.333. The van der Waals surface area contributed by atoms with Gasteiger partial charge < -0.3 is 14.8 Å². The third-order valence-corrected chi connectivity index (χ3v) is 1.95. The van der Waals surface area contributed by atoms with Gasteiger partial charge in [-0.2, -0.15) is 15.1 Å². The summed E-state index contributed by atoms with van der Waals surface area (Å²) in [6, 6.07) is 2.25. The maximum atomic E-state index is 4.93. The van der Waals surface area contributed by atoms with E-state index in [1.54, 1.807) is 6.20 Å². The van der Waals surface area contributed by atoms with Crippen molar-refractivity contribution >= 4 is 5.95 Å². The molecule has 0 aliphatic heterocycles. The molecule has 0 spiro atoms. The van der Waals surface area contributed by atoms with Gasteiger partial charge in [0.25, 0.3) is 0 Å². The van der Waals surface area contributed by atoms with Crippen molar-refractivity contribution in [2.75, 3.05) is 19.5 Å². The van der Waals surface area contributed by atoms with Crippen LogP contribution in [0.5, 0.6) is 12.0 Å². The molecular formula is C9H12N6O2. The maximum absolute atomic E-state index is 4.93. The lowest BCUT2D eigenvalue weighted by atomic mass is 10.4. The fourth-order valence-electron chi connectivity index (χ4n) is 1.16. The van der Waals surface area contributed by atoms with Crippen molar-refractivity contribution < 1.29 is 9.47 Å². The number of H-pyrrole nitrogens is 1. The van der Waals surface area contributed by atoms with E-state index >= 15 is 0 Å². The van der Waals surface area contributed by atoms with E-state index in [4.69, 9.17) is 9.47 Å². The number of hydrogen-bond acceptors (Lipinski definition) is 7. The Kier molecular flexibility index (Phi) is 3.34. The fourth-order valence-corrected chi connectivity index (χ4v) is 1.16. The van der Waals surface area contributed by atoms with Crippen molar-refractivity contribution in [1.29, 1.82) is 0 Å². The van der Waals surface area contributed by atoms with Crippen LogP contribution in [0.1, 0.15) is 5.69 Å². The Morgan fingerprint density at radius 3 is 2.41 bits per heavy atom. The summed E-state index contributed by atoms with van der Waals surface area (Å²) in [7, 11) is 2.96. The Labute approximate surface area is 97.4 Å². The minimum Gasteiger partial charge on any atom is -0.467 e. The zero-order chi connectivity index (χ0) is 12.1. The molecule has 0 bridgehead atoms. The second kappa shape index (κ2) is 5.10. The summed E-state index contributed by atoms with van der Waals surface area (Å²) in [4.78, 5) is 11.9. The van der Waals surface area contributed by atoms with Gasteiger partial charge in [0, 0.05) is 6.20 Å². The first-order valence-electron chi connectivity index (χ1n) is 4.88. The second-order valence-corrected chi connectivity index (χ2v) is 3.07. The summed E-state index contributed by atoms with van der Waals surface area (Å²) in [5.74, 6) is 0.378. The number of rotatable bonds is 5. The largest absolute Gasteiger partial charge is 0.467 e. The number of aromatic nitrogens is 5. The van der Waals surface area contributed by atoms with E-state index in [-0.39, 0.29) is 12.0 Å². The zero-order valence-electron chi connectivity index (χ0n) is 9.47. The molecule has 2 aromatic heterocycles. The molecule has 2 heterocycles. The first-order chi connectivity index (χ1) is 8.31. The number of anilines is 1. The van der Waals surface area contributed by atoms with Crippen LogP contribution in [0.25, 0.3) is 0 Å². The summed E-state index contributed by atoms with van der Waals surface area (Å²) in [6.07, 6.45) is 1.67. The molecule has 8 heteroatoms. The van der Waals surface area contributed by atoms with E-state index in [9.17, 15) is 0 Å². The minimum absolute atomic E-state index is 0.198. The summed E-state index contributed by atoms with van der Waals surface area (Å²) < 4.78 is 9.86. The number of nitrogens with zero attached hydrogens (tertiary/aromatic N) is 4. The normalized spacial score (nSPS) is 10.0. The number of aromatic amines is 1. The summed E-state index contributed by atoms with van der Waals surface area (Å²) in [6.45, 7) is 0.524. The highest BCUT2D eigenvalue weighted by molar-refractivity contribution is 5.28. The third kappa shape index (κ3) is 2.80. The van der Waals surface area contributed by atoms with Crippen molar-refractivity contribution in [3.8, 4) is 12.0 Å². The Morgan fingerprint density at radius 2 is 1.88 bits per heavy atom. The molecular weight excluding hydrogens is 224 g/mol. The van der Waals surface area contributed by atoms with Gasteiger partial charge >= 0.3 is 12.0 Å². The van der Waals surface area contributed by atoms with Gasteiger partial charge in [-0.15, -0.1) is 4.98 Å². The quantitative estimate of drug-likeness (QED) is 0.766. The van der Waals surface area contributed by atoms with Gasteiger partial charge in [0.1, 0.15) is 0 Å². The van der Waals surface area contributed by atoms with Crippen molar-refractivity contribution in [3.63, 3.8) is 0 Å². The topological polar surface area (TPSA) is 97.8 Å². The number of nitrogens with one attached hydrogen (secondary N) is 2. The maximum Gasteiger partial charge on any atom is 0.324 e. The van der Waals surface area contributed by atoms with Gasteiger partial charge in [-0.1, -0.05) is 0 Å². The van der Waals surface area contributed by atoms with Crippen LogP contribution in [0.3, 0.4) is 0 Å². The van der Waals surface area contributed by atoms with Crippen molar-refractivity contribution in [3.05, 3.63) is 18.0 Å². The summed E-state index contributed by atoms with van der Waals surface area (Å²) in [5, 5.41) is 9.66. The molecule has 0 radical (unpaired) electrons. The lowest BCUT2D eigenvalue weighted by molar-refractivity contribution is 0.341. The summed E-state index contributed by atoms with van der Waals surface area (Å²) >= 11 is 0. The molecule has 0 saturated heterocycles. The molecule has 0 atom stereocenters. The number of ether oxygens (including phenoxy) is 2. The average molecular weight is 236 g/mol.